The van der Waals surface area contributed by atoms with Gasteiger partial charge in [-0.2, -0.15) is 5.26 Å². The second-order valence-electron chi connectivity index (χ2n) is 10.2. The van der Waals surface area contributed by atoms with Gasteiger partial charge in [-0.3, -0.25) is 18.9 Å². The number of rotatable bonds is 3. The van der Waals surface area contributed by atoms with Gasteiger partial charge in [0.15, 0.2) is 0 Å². The first-order valence-corrected chi connectivity index (χ1v) is 12.3. The van der Waals surface area contributed by atoms with Crippen molar-refractivity contribution in [3.05, 3.63) is 105 Å². The van der Waals surface area contributed by atoms with Crippen molar-refractivity contribution >= 4 is 32.8 Å². The molecule has 0 aliphatic carbocycles. The van der Waals surface area contributed by atoms with E-state index in [1.807, 2.05) is 86.8 Å². The number of hydrogen-bond acceptors (Lipinski definition) is 4. The largest absolute Gasteiger partial charge is 0.333 e. The highest BCUT2D eigenvalue weighted by Gasteiger charge is 2.23. The first-order valence-electron chi connectivity index (χ1n) is 12.3. The zero-order valence-electron chi connectivity index (χ0n) is 21.6. The summed E-state index contributed by atoms with van der Waals surface area (Å²) in [6.45, 7) is 3.71. The summed E-state index contributed by atoms with van der Waals surface area (Å²) < 4.78 is 4.58. The Morgan fingerprint density at radius 3 is 2.32 bits per heavy atom. The molecule has 0 atom stereocenters. The number of aryl methyl sites for hydroxylation is 2. The van der Waals surface area contributed by atoms with Crippen molar-refractivity contribution in [2.75, 3.05) is 0 Å². The van der Waals surface area contributed by atoms with Crippen LogP contribution in [-0.2, 0) is 19.5 Å². The molecule has 3 aromatic heterocycles. The molecule has 7 nitrogen and oxygen atoms in total. The minimum absolute atomic E-state index is 0.242. The van der Waals surface area contributed by atoms with Crippen LogP contribution in [0.3, 0.4) is 0 Å². The Morgan fingerprint density at radius 1 is 0.842 bits per heavy atom. The fraction of sp³-hybridized carbons (Fsp3) is 0.161. The van der Waals surface area contributed by atoms with E-state index in [2.05, 4.69) is 17.1 Å². The molecule has 186 valence electrons. The molecule has 0 saturated heterocycles. The van der Waals surface area contributed by atoms with E-state index < -0.39 is 5.41 Å². The lowest BCUT2D eigenvalue weighted by Gasteiger charge is -2.16. The van der Waals surface area contributed by atoms with E-state index in [4.69, 9.17) is 0 Å². The predicted molar refractivity (Wildman–Crippen MR) is 151 cm³/mol. The molecule has 0 aliphatic rings. The summed E-state index contributed by atoms with van der Waals surface area (Å²) in [6.07, 6.45) is 1.84. The van der Waals surface area contributed by atoms with Gasteiger partial charge in [0.2, 0.25) is 0 Å². The summed E-state index contributed by atoms with van der Waals surface area (Å²) in [4.78, 5) is 31.6. The molecule has 0 saturated carbocycles. The Kier molecular flexibility index (Phi) is 5.11. The van der Waals surface area contributed by atoms with Crippen molar-refractivity contribution in [1.29, 1.82) is 5.26 Å². The Bertz CT molecular complexity index is 2070. The van der Waals surface area contributed by atoms with E-state index in [0.29, 0.717) is 16.7 Å². The predicted octanol–water partition coefficient (Wildman–Crippen LogP) is 5.20. The van der Waals surface area contributed by atoms with Crippen molar-refractivity contribution in [3.8, 4) is 22.9 Å². The minimum atomic E-state index is -0.659. The normalized spacial score (nSPS) is 11.9. The van der Waals surface area contributed by atoms with Gasteiger partial charge >= 0.3 is 5.69 Å². The number of fused-ring (bicyclic) bond motifs is 4. The standard InChI is InChI=1S/C31H25N5O2/c1-31(2,18-32)22-10-12-23(13-11-22)36-27-24-16-19(21-15-20-7-5-6-8-25(20)33-17-21)9-14-26(24)34(3)29(37)28(27)35(4)30(36)38/h5-17H,1-4H3. The molecule has 0 amide bonds. The minimum Gasteiger partial charge on any atom is -0.309 e. The van der Waals surface area contributed by atoms with Crippen LogP contribution in [0.15, 0.2) is 88.6 Å². The number of pyridine rings is 2. The van der Waals surface area contributed by atoms with Crippen LogP contribution in [0, 0.1) is 11.3 Å². The SMILES string of the molecule is Cn1c(=O)c2c(c3cc(-c4cnc5ccccc5c4)ccc31)n(-c1ccc(C(C)(C)C#N)cc1)c(=O)n2C. The van der Waals surface area contributed by atoms with E-state index in [1.165, 1.54) is 4.57 Å². The third-order valence-electron chi connectivity index (χ3n) is 7.43. The van der Waals surface area contributed by atoms with Crippen molar-refractivity contribution in [2.45, 2.75) is 19.3 Å². The average Bonchev–Trinajstić information content (AvgIpc) is 3.21. The lowest BCUT2D eigenvalue weighted by Crippen LogP contribution is -2.23. The maximum absolute atomic E-state index is 13.6. The Hall–Kier alpha value is -4.96. The van der Waals surface area contributed by atoms with Crippen molar-refractivity contribution < 1.29 is 0 Å². The molecule has 6 aromatic rings. The summed E-state index contributed by atoms with van der Waals surface area (Å²) in [5.74, 6) is 0. The van der Waals surface area contributed by atoms with Gasteiger partial charge < -0.3 is 4.57 Å². The molecule has 3 heterocycles. The van der Waals surface area contributed by atoms with Gasteiger partial charge in [-0.05, 0) is 61.4 Å². The molecule has 0 bridgehead atoms. The molecule has 0 aliphatic heterocycles. The van der Waals surface area contributed by atoms with Gasteiger partial charge in [0, 0.05) is 36.6 Å². The van der Waals surface area contributed by atoms with Gasteiger partial charge in [-0.1, -0.05) is 36.4 Å². The van der Waals surface area contributed by atoms with Gasteiger partial charge in [0.1, 0.15) is 5.52 Å². The summed E-state index contributed by atoms with van der Waals surface area (Å²) in [5.41, 5.74) is 4.68. The summed E-state index contributed by atoms with van der Waals surface area (Å²) >= 11 is 0. The topological polar surface area (TPSA) is 85.6 Å². The number of aromatic nitrogens is 4. The first-order chi connectivity index (χ1) is 18.2. The van der Waals surface area contributed by atoms with Crippen LogP contribution in [0.1, 0.15) is 19.4 Å². The number of para-hydroxylation sites is 1. The van der Waals surface area contributed by atoms with E-state index in [0.717, 1.165) is 38.5 Å². The molecule has 3 aromatic carbocycles. The monoisotopic (exact) mass is 499 g/mol. The van der Waals surface area contributed by atoms with Crippen LogP contribution in [-0.4, -0.2) is 18.7 Å². The lowest BCUT2D eigenvalue weighted by atomic mass is 9.86. The van der Waals surface area contributed by atoms with Crippen LogP contribution in [0.4, 0.5) is 0 Å². The Balaban J connectivity index is 1.66. The van der Waals surface area contributed by atoms with Gasteiger partial charge in [0.05, 0.1) is 33.7 Å². The average molecular weight is 500 g/mol. The molecule has 0 fully saturated rings. The van der Waals surface area contributed by atoms with Gasteiger partial charge in [0.25, 0.3) is 5.56 Å². The summed E-state index contributed by atoms with van der Waals surface area (Å²) in [5, 5.41) is 11.3. The quantitative estimate of drug-likeness (QED) is 0.335. The molecule has 6 rings (SSSR count). The number of imidazole rings is 1. The van der Waals surface area contributed by atoms with Crippen molar-refractivity contribution in [3.63, 3.8) is 0 Å². The van der Waals surface area contributed by atoms with Gasteiger partial charge in [-0.25, -0.2) is 4.79 Å². The first kappa shape index (κ1) is 23.4. The Morgan fingerprint density at radius 2 is 1.58 bits per heavy atom. The van der Waals surface area contributed by atoms with E-state index in [-0.39, 0.29) is 11.2 Å². The maximum Gasteiger partial charge on any atom is 0.333 e. The van der Waals surface area contributed by atoms with Crippen LogP contribution >= 0.6 is 0 Å². The fourth-order valence-electron chi connectivity index (χ4n) is 5.12. The molecule has 0 N–H and O–H groups in total. The maximum atomic E-state index is 13.6. The summed E-state index contributed by atoms with van der Waals surface area (Å²) in [6, 6.07) is 25.7. The van der Waals surface area contributed by atoms with Crippen molar-refractivity contribution in [2.24, 2.45) is 14.1 Å². The third-order valence-corrected chi connectivity index (χ3v) is 7.43. The zero-order valence-corrected chi connectivity index (χ0v) is 21.6. The van der Waals surface area contributed by atoms with E-state index >= 15 is 0 Å². The second-order valence-corrected chi connectivity index (χ2v) is 10.2. The van der Waals surface area contributed by atoms with Crippen LogP contribution in [0.25, 0.3) is 49.7 Å². The molecular weight excluding hydrogens is 474 g/mol. The highest BCUT2D eigenvalue weighted by atomic mass is 16.2. The highest BCUT2D eigenvalue weighted by molar-refractivity contribution is 6.05. The third kappa shape index (κ3) is 3.38. The molecule has 38 heavy (non-hydrogen) atoms. The Labute approximate surface area is 218 Å². The van der Waals surface area contributed by atoms with Crippen LogP contribution < -0.4 is 11.2 Å². The molecule has 0 unspecified atom stereocenters. The van der Waals surface area contributed by atoms with Crippen molar-refractivity contribution in [1.82, 2.24) is 18.7 Å². The van der Waals surface area contributed by atoms with Gasteiger partial charge in [-0.15, -0.1) is 0 Å². The molecule has 0 spiro atoms. The van der Waals surface area contributed by atoms with E-state index in [1.54, 1.807) is 23.2 Å². The second kappa shape index (κ2) is 8.29. The summed E-state index contributed by atoms with van der Waals surface area (Å²) in [7, 11) is 3.35. The number of nitrogens with zero attached hydrogens (tertiary/aromatic N) is 5. The van der Waals surface area contributed by atoms with Crippen LogP contribution in [0.2, 0.25) is 0 Å². The lowest BCUT2D eigenvalue weighted by molar-refractivity contribution is 0.686. The molecular formula is C31H25N5O2. The highest BCUT2D eigenvalue weighted by Crippen LogP contribution is 2.31. The molecule has 7 heteroatoms. The fourth-order valence-corrected chi connectivity index (χ4v) is 5.12. The van der Waals surface area contributed by atoms with E-state index in [9.17, 15) is 14.9 Å². The zero-order chi connectivity index (χ0) is 26.8. The number of nitriles is 1. The van der Waals surface area contributed by atoms with Crippen LogP contribution in [0.5, 0.6) is 0 Å². The molecule has 0 radical (unpaired) electrons. The number of benzene rings is 3. The number of hydrogen-bond donors (Lipinski definition) is 0. The smallest absolute Gasteiger partial charge is 0.309 e.